The molecular weight excluding hydrogens is 368 g/mol. The van der Waals surface area contributed by atoms with Gasteiger partial charge in [0, 0.05) is 40.3 Å². The Hall–Kier alpha value is -1.22. The lowest BCUT2D eigenvalue weighted by Gasteiger charge is -2.35. The van der Waals surface area contributed by atoms with Crippen molar-refractivity contribution in [1.82, 2.24) is 4.98 Å². The smallest absolute Gasteiger partial charge is 0.235 e. The summed E-state index contributed by atoms with van der Waals surface area (Å²) < 4.78 is 44.4. The number of aromatic nitrogens is 1. The van der Waals surface area contributed by atoms with Crippen molar-refractivity contribution in [3.05, 3.63) is 24.0 Å². The molecule has 8 heteroatoms. The maximum Gasteiger partial charge on any atom is 0.235 e. The summed E-state index contributed by atoms with van der Waals surface area (Å²) in [6, 6.07) is 3.57. The van der Waals surface area contributed by atoms with E-state index in [2.05, 4.69) is 9.71 Å². The summed E-state index contributed by atoms with van der Waals surface area (Å²) in [6.07, 6.45) is 7.12. The molecule has 1 aliphatic carbocycles. The number of anilines is 1. The average molecular weight is 399 g/mol. The van der Waals surface area contributed by atoms with Crippen LogP contribution in [0, 0.1) is 5.92 Å². The van der Waals surface area contributed by atoms with Crippen molar-refractivity contribution in [2.24, 2.45) is 5.92 Å². The van der Waals surface area contributed by atoms with Gasteiger partial charge >= 0.3 is 0 Å². The number of pyridine rings is 1. The summed E-state index contributed by atoms with van der Waals surface area (Å²) in [5.41, 5.74) is 0.800. The number of hydrogen-bond donors (Lipinski definition) is 1. The third kappa shape index (κ3) is 4.99. The molecule has 1 saturated heterocycles. The molecule has 2 fully saturated rings. The molecule has 0 amide bonds. The molecule has 0 aromatic carbocycles. The van der Waals surface area contributed by atoms with E-state index in [1.165, 1.54) is 0 Å². The zero-order chi connectivity index (χ0) is 19.3. The molecule has 1 aromatic rings. The SMILES string of the molecule is COC(CS(=O)(=O)Nc1ccc(C2(OC)CCOCC2)nc1)C1CCCC1. The lowest BCUT2D eigenvalue weighted by Crippen LogP contribution is -2.36. The van der Waals surface area contributed by atoms with Gasteiger partial charge in [-0.2, -0.15) is 0 Å². The van der Waals surface area contributed by atoms with Crippen LogP contribution in [-0.2, 0) is 29.8 Å². The maximum atomic E-state index is 12.6. The molecule has 27 heavy (non-hydrogen) atoms. The molecular formula is C19H30N2O5S. The van der Waals surface area contributed by atoms with Gasteiger partial charge in [-0.1, -0.05) is 12.8 Å². The van der Waals surface area contributed by atoms with Gasteiger partial charge in [0.25, 0.3) is 0 Å². The maximum absolute atomic E-state index is 12.6. The quantitative estimate of drug-likeness (QED) is 0.724. The molecule has 0 spiro atoms. The minimum Gasteiger partial charge on any atom is -0.381 e. The fourth-order valence-electron chi connectivity index (χ4n) is 4.15. The summed E-state index contributed by atoms with van der Waals surface area (Å²) in [7, 11) is -0.240. The first-order valence-electron chi connectivity index (χ1n) is 9.61. The molecule has 1 aliphatic heterocycles. The Morgan fingerprint density at radius 3 is 2.52 bits per heavy atom. The highest BCUT2D eigenvalue weighted by Crippen LogP contribution is 2.34. The summed E-state index contributed by atoms with van der Waals surface area (Å²) in [5, 5.41) is 0. The van der Waals surface area contributed by atoms with Gasteiger partial charge in [0.2, 0.25) is 10.0 Å². The minimum atomic E-state index is -3.51. The summed E-state index contributed by atoms with van der Waals surface area (Å²) >= 11 is 0. The van der Waals surface area contributed by atoms with Crippen LogP contribution < -0.4 is 4.72 Å². The van der Waals surface area contributed by atoms with Gasteiger partial charge in [-0.15, -0.1) is 0 Å². The molecule has 2 aliphatic rings. The fraction of sp³-hybridized carbons (Fsp3) is 0.737. The fourth-order valence-corrected chi connectivity index (χ4v) is 5.56. The van der Waals surface area contributed by atoms with E-state index in [9.17, 15) is 8.42 Å². The van der Waals surface area contributed by atoms with Crippen LogP contribution >= 0.6 is 0 Å². The van der Waals surface area contributed by atoms with Gasteiger partial charge in [-0.3, -0.25) is 9.71 Å². The normalized spacial score (nSPS) is 21.9. The molecule has 3 rings (SSSR count). The van der Waals surface area contributed by atoms with Crippen LogP contribution in [0.15, 0.2) is 18.3 Å². The third-order valence-corrected chi connectivity index (χ3v) is 7.12. The van der Waals surface area contributed by atoms with Crippen molar-refractivity contribution >= 4 is 15.7 Å². The van der Waals surface area contributed by atoms with Gasteiger partial charge in [-0.05, 0) is 30.9 Å². The molecule has 1 unspecified atom stereocenters. The number of sulfonamides is 1. The zero-order valence-electron chi connectivity index (χ0n) is 16.1. The highest BCUT2D eigenvalue weighted by Gasteiger charge is 2.36. The lowest BCUT2D eigenvalue weighted by atomic mass is 9.90. The molecule has 1 saturated carbocycles. The van der Waals surface area contributed by atoms with Crippen LogP contribution in [-0.4, -0.2) is 52.7 Å². The van der Waals surface area contributed by atoms with Crippen LogP contribution in [0.4, 0.5) is 5.69 Å². The highest BCUT2D eigenvalue weighted by molar-refractivity contribution is 7.92. The van der Waals surface area contributed by atoms with Gasteiger partial charge in [0.15, 0.2) is 0 Å². The number of methoxy groups -OCH3 is 2. The Labute approximate surface area is 161 Å². The molecule has 1 N–H and O–H groups in total. The van der Waals surface area contributed by atoms with E-state index in [-0.39, 0.29) is 11.9 Å². The van der Waals surface area contributed by atoms with Crippen molar-refractivity contribution in [2.45, 2.75) is 50.2 Å². The molecule has 2 heterocycles. The Morgan fingerprint density at radius 2 is 1.96 bits per heavy atom. The monoisotopic (exact) mass is 398 g/mol. The molecule has 0 radical (unpaired) electrons. The van der Waals surface area contributed by atoms with Crippen molar-refractivity contribution in [3.63, 3.8) is 0 Å². The van der Waals surface area contributed by atoms with Crippen LogP contribution in [0.2, 0.25) is 0 Å². The van der Waals surface area contributed by atoms with Crippen LogP contribution in [0.1, 0.15) is 44.2 Å². The first-order valence-corrected chi connectivity index (χ1v) is 11.3. The number of nitrogens with one attached hydrogen (secondary N) is 1. The Balaban J connectivity index is 1.66. The molecule has 1 aromatic heterocycles. The van der Waals surface area contributed by atoms with Gasteiger partial charge < -0.3 is 14.2 Å². The topological polar surface area (TPSA) is 86.8 Å². The van der Waals surface area contributed by atoms with Gasteiger partial charge in [-0.25, -0.2) is 8.42 Å². The Bertz CT molecular complexity index is 695. The molecule has 152 valence electrons. The van der Waals surface area contributed by atoms with Crippen LogP contribution in [0.3, 0.4) is 0 Å². The Morgan fingerprint density at radius 1 is 1.26 bits per heavy atom. The number of nitrogens with zero attached hydrogens (tertiary/aromatic N) is 1. The first kappa shape index (κ1) is 20.5. The van der Waals surface area contributed by atoms with Crippen LogP contribution in [0.25, 0.3) is 0 Å². The Kier molecular flexibility index (Phi) is 6.73. The first-order chi connectivity index (χ1) is 13.0. The lowest BCUT2D eigenvalue weighted by molar-refractivity contribution is -0.0972. The number of ether oxygens (including phenoxy) is 3. The summed E-state index contributed by atoms with van der Waals surface area (Å²) in [6.45, 7) is 1.26. The predicted octanol–water partition coefficient (Wildman–Crippen LogP) is 2.68. The second-order valence-corrected chi connectivity index (χ2v) is 9.21. The van der Waals surface area contributed by atoms with E-state index in [1.807, 2.05) is 6.07 Å². The molecule has 0 bridgehead atoms. The number of rotatable bonds is 8. The summed E-state index contributed by atoms with van der Waals surface area (Å²) in [5.74, 6) is 0.289. The van der Waals surface area contributed by atoms with E-state index in [4.69, 9.17) is 14.2 Å². The van der Waals surface area contributed by atoms with Gasteiger partial charge in [0.05, 0.1) is 29.4 Å². The zero-order valence-corrected chi connectivity index (χ0v) is 17.0. The summed E-state index contributed by atoms with van der Waals surface area (Å²) in [4.78, 5) is 4.47. The van der Waals surface area contributed by atoms with E-state index in [0.29, 0.717) is 24.8 Å². The van der Waals surface area contributed by atoms with Gasteiger partial charge in [0.1, 0.15) is 5.60 Å². The standard InChI is InChI=1S/C19H30N2O5S/c1-24-17(15-5-3-4-6-15)14-27(22,23)21-16-7-8-18(20-13-16)19(25-2)9-11-26-12-10-19/h7-8,13,15,17,21H,3-6,9-12,14H2,1-2H3. The van der Waals surface area contributed by atoms with Crippen molar-refractivity contribution in [3.8, 4) is 0 Å². The van der Waals surface area contributed by atoms with Crippen molar-refractivity contribution in [2.75, 3.05) is 37.9 Å². The predicted molar refractivity (Wildman–Crippen MR) is 103 cm³/mol. The van der Waals surface area contributed by atoms with E-state index in [0.717, 1.165) is 44.2 Å². The molecule has 7 nitrogen and oxygen atoms in total. The van der Waals surface area contributed by atoms with Crippen LogP contribution in [0.5, 0.6) is 0 Å². The van der Waals surface area contributed by atoms with E-state index < -0.39 is 15.6 Å². The largest absolute Gasteiger partial charge is 0.381 e. The second kappa shape index (κ2) is 8.86. The number of hydrogen-bond acceptors (Lipinski definition) is 6. The van der Waals surface area contributed by atoms with E-state index >= 15 is 0 Å². The van der Waals surface area contributed by atoms with Crippen molar-refractivity contribution in [1.29, 1.82) is 0 Å². The van der Waals surface area contributed by atoms with Crippen molar-refractivity contribution < 1.29 is 22.6 Å². The molecule has 1 atom stereocenters. The highest BCUT2D eigenvalue weighted by atomic mass is 32.2. The minimum absolute atomic E-state index is 0.0325. The van der Waals surface area contributed by atoms with E-state index in [1.54, 1.807) is 26.5 Å². The second-order valence-electron chi connectivity index (χ2n) is 7.45. The third-order valence-electron chi connectivity index (χ3n) is 5.81. The average Bonchev–Trinajstić information content (AvgIpc) is 3.21.